The average molecular weight is 508 g/mol. The van der Waals surface area contributed by atoms with Gasteiger partial charge in [-0.1, -0.05) is 140 Å². The molecule has 0 bridgehead atoms. The second-order valence-corrected chi connectivity index (χ2v) is 10.4. The standard InChI is InChI=1S/C39H25N/c1-3-14-32-27(9-1)11-8-17-33(32)31-13-7-12-30(25-31)26-19-21-29(22-20-26)39-36-24-23-28-10-2-4-15-34(28)38(36)35-16-5-6-18-37(35)40-39/h1-25H. The molecule has 0 atom stereocenters. The lowest BCUT2D eigenvalue weighted by molar-refractivity contribution is 1.43. The Kier molecular flexibility index (Phi) is 5.21. The summed E-state index contributed by atoms with van der Waals surface area (Å²) in [6, 6.07) is 54.4. The predicted molar refractivity (Wildman–Crippen MR) is 171 cm³/mol. The van der Waals surface area contributed by atoms with E-state index in [1.807, 2.05) is 0 Å². The van der Waals surface area contributed by atoms with Crippen molar-refractivity contribution < 1.29 is 0 Å². The fourth-order valence-corrected chi connectivity index (χ4v) is 6.11. The van der Waals surface area contributed by atoms with Crippen LogP contribution in [0.15, 0.2) is 152 Å². The topological polar surface area (TPSA) is 12.9 Å². The summed E-state index contributed by atoms with van der Waals surface area (Å²) in [7, 11) is 0. The molecule has 0 fully saturated rings. The van der Waals surface area contributed by atoms with E-state index in [2.05, 4.69) is 152 Å². The summed E-state index contributed by atoms with van der Waals surface area (Å²) in [6.07, 6.45) is 0. The van der Waals surface area contributed by atoms with Gasteiger partial charge in [-0.15, -0.1) is 0 Å². The maximum absolute atomic E-state index is 5.17. The molecule has 186 valence electrons. The van der Waals surface area contributed by atoms with Gasteiger partial charge in [-0.2, -0.15) is 0 Å². The molecule has 8 aromatic rings. The number of aromatic nitrogens is 1. The third-order valence-corrected chi connectivity index (χ3v) is 8.04. The highest BCUT2D eigenvalue weighted by atomic mass is 14.7. The molecule has 40 heavy (non-hydrogen) atoms. The fourth-order valence-electron chi connectivity index (χ4n) is 6.11. The summed E-state index contributed by atoms with van der Waals surface area (Å²) < 4.78 is 0. The van der Waals surface area contributed by atoms with Crippen LogP contribution in [-0.2, 0) is 0 Å². The highest BCUT2D eigenvalue weighted by molar-refractivity contribution is 6.22. The Hall–Kier alpha value is -5.27. The number of fused-ring (bicyclic) bond motifs is 6. The third kappa shape index (κ3) is 3.67. The fraction of sp³-hybridized carbons (Fsp3) is 0. The van der Waals surface area contributed by atoms with Crippen molar-refractivity contribution in [1.29, 1.82) is 0 Å². The molecule has 8 rings (SSSR count). The summed E-state index contributed by atoms with van der Waals surface area (Å²) in [6.45, 7) is 0. The van der Waals surface area contributed by atoms with Crippen LogP contribution in [0.2, 0.25) is 0 Å². The quantitative estimate of drug-likeness (QED) is 0.217. The molecule has 0 amide bonds. The third-order valence-electron chi connectivity index (χ3n) is 8.04. The molecular weight excluding hydrogens is 482 g/mol. The zero-order valence-electron chi connectivity index (χ0n) is 21.9. The summed E-state index contributed by atoms with van der Waals surface area (Å²) in [5, 5.41) is 8.70. The van der Waals surface area contributed by atoms with E-state index >= 15 is 0 Å². The van der Waals surface area contributed by atoms with Gasteiger partial charge in [0.15, 0.2) is 0 Å². The normalized spacial score (nSPS) is 11.5. The zero-order valence-corrected chi connectivity index (χ0v) is 21.9. The SMILES string of the molecule is c1cc(-c2ccc(-c3nc4ccccc4c4c3ccc3ccccc34)cc2)cc(-c2cccc3ccccc23)c1. The summed E-state index contributed by atoms with van der Waals surface area (Å²) in [5.74, 6) is 0. The molecule has 0 aliphatic heterocycles. The van der Waals surface area contributed by atoms with Gasteiger partial charge >= 0.3 is 0 Å². The molecule has 0 radical (unpaired) electrons. The molecule has 0 spiro atoms. The van der Waals surface area contributed by atoms with Crippen LogP contribution in [-0.4, -0.2) is 4.98 Å². The molecular formula is C39H25N. The van der Waals surface area contributed by atoms with Gasteiger partial charge in [0, 0.05) is 21.7 Å². The maximum Gasteiger partial charge on any atom is 0.0788 e. The first-order chi connectivity index (χ1) is 19.8. The van der Waals surface area contributed by atoms with Crippen LogP contribution < -0.4 is 0 Å². The number of pyridine rings is 1. The Morgan fingerprint density at radius 1 is 0.350 bits per heavy atom. The number of hydrogen-bond donors (Lipinski definition) is 0. The van der Waals surface area contributed by atoms with E-state index in [-0.39, 0.29) is 0 Å². The van der Waals surface area contributed by atoms with E-state index in [4.69, 9.17) is 4.98 Å². The number of nitrogens with zero attached hydrogens (tertiary/aromatic N) is 1. The van der Waals surface area contributed by atoms with Crippen LogP contribution in [0, 0.1) is 0 Å². The summed E-state index contributed by atoms with van der Waals surface area (Å²) >= 11 is 0. The first-order valence-electron chi connectivity index (χ1n) is 13.7. The van der Waals surface area contributed by atoms with Crippen molar-refractivity contribution in [3.8, 4) is 33.5 Å². The van der Waals surface area contributed by atoms with Crippen molar-refractivity contribution in [2.75, 3.05) is 0 Å². The van der Waals surface area contributed by atoms with E-state index in [1.165, 1.54) is 60.0 Å². The monoisotopic (exact) mass is 507 g/mol. The lowest BCUT2D eigenvalue weighted by Gasteiger charge is -2.13. The number of rotatable bonds is 3. The van der Waals surface area contributed by atoms with Crippen molar-refractivity contribution in [3.63, 3.8) is 0 Å². The number of hydrogen-bond acceptors (Lipinski definition) is 1. The molecule has 1 heterocycles. The van der Waals surface area contributed by atoms with Gasteiger partial charge in [0.05, 0.1) is 11.2 Å². The molecule has 0 saturated heterocycles. The van der Waals surface area contributed by atoms with Crippen LogP contribution >= 0.6 is 0 Å². The van der Waals surface area contributed by atoms with Crippen LogP contribution in [0.1, 0.15) is 0 Å². The van der Waals surface area contributed by atoms with Crippen LogP contribution in [0.5, 0.6) is 0 Å². The van der Waals surface area contributed by atoms with Crippen LogP contribution in [0.3, 0.4) is 0 Å². The second kappa shape index (κ2) is 9.18. The van der Waals surface area contributed by atoms with E-state index in [0.717, 1.165) is 16.8 Å². The minimum atomic E-state index is 1.02. The second-order valence-electron chi connectivity index (χ2n) is 10.4. The van der Waals surface area contributed by atoms with Gasteiger partial charge in [-0.25, -0.2) is 4.98 Å². The lowest BCUT2D eigenvalue weighted by atomic mass is 9.93. The zero-order chi connectivity index (χ0) is 26.5. The average Bonchev–Trinajstić information content (AvgIpc) is 3.04. The highest BCUT2D eigenvalue weighted by Gasteiger charge is 2.13. The van der Waals surface area contributed by atoms with E-state index < -0.39 is 0 Å². The summed E-state index contributed by atoms with van der Waals surface area (Å²) in [5.41, 5.74) is 8.06. The maximum atomic E-state index is 5.17. The first kappa shape index (κ1) is 22.7. The lowest BCUT2D eigenvalue weighted by Crippen LogP contribution is -1.91. The van der Waals surface area contributed by atoms with E-state index in [0.29, 0.717) is 0 Å². The summed E-state index contributed by atoms with van der Waals surface area (Å²) in [4.78, 5) is 5.17. The Balaban J connectivity index is 1.25. The largest absolute Gasteiger partial charge is 0.247 e. The Labute approximate surface area is 233 Å². The van der Waals surface area contributed by atoms with E-state index in [9.17, 15) is 0 Å². The Bertz CT molecular complexity index is 2190. The molecule has 1 aromatic heterocycles. The van der Waals surface area contributed by atoms with Crippen molar-refractivity contribution in [3.05, 3.63) is 152 Å². The molecule has 1 nitrogen and oxygen atoms in total. The molecule has 0 saturated carbocycles. The van der Waals surface area contributed by atoms with Crippen LogP contribution in [0.25, 0.3) is 76.7 Å². The smallest absolute Gasteiger partial charge is 0.0788 e. The van der Waals surface area contributed by atoms with Gasteiger partial charge in [0.2, 0.25) is 0 Å². The molecule has 7 aromatic carbocycles. The minimum absolute atomic E-state index is 1.02. The van der Waals surface area contributed by atoms with E-state index in [1.54, 1.807) is 0 Å². The van der Waals surface area contributed by atoms with Crippen molar-refractivity contribution in [2.24, 2.45) is 0 Å². The molecule has 0 unspecified atom stereocenters. The van der Waals surface area contributed by atoms with Gasteiger partial charge < -0.3 is 0 Å². The minimum Gasteiger partial charge on any atom is -0.247 e. The molecule has 0 aliphatic carbocycles. The van der Waals surface area contributed by atoms with Gasteiger partial charge in [0.25, 0.3) is 0 Å². The Morgan fingerprint density at radius 3 is 1.82 bits per heavy atom. The number of benzene rings is 7. The Morgan fingerprint density at radius 2 is 0.975 bits per heavy atom. The molecule has 0 aliphatic rings. The van der Waals surface area contributed by atoms with Gasteiger partial charge in [0.1, 0.15) is 0 Å². The van der Waals surface area contributed by atoms with Crippen LogP contribution in [0.4, 0.5) is 0 Å². The predicted octanol–water partition coefficient (Wildman–Crippen LogP) is 10.7. The van der Waals surface area contributed by atoms with Gasteiger partial charge in [-0.05, 0) is 55.9 Å². The first-order valence-corrected chi connectivity index (χ1v) is 13.7. The highest BCUT2D eigenvalue weighted by Crippen LogP contribution is 2.38. The van der Waals surface area contributed by atoms with Gasteiger partial charge in [-0.3, -0.25) is 0 Å². The molecule has 1 heteroatoms. The van der Waals surface area contributed by atoms with Crippen molar-refractivity contribution in [2.45, 2.75) is 0 Å². The van der Waals surface area contributed by atoms with Crippen molar-refractivity contribution >= 4 is 43.2 Å². The number of para-hydroxylation sites is 1. The van der Waals surface area contributed by atoms with Crippen molar-refractivity contribution in [1.82, 2.24) is 4.98 Å². The molecule has 0 N–H and O–H groups in total.